The van der Waals surface area contributed by atoms with Crippen LogP contribution in [0.15, 0.2) is 5.16 Å². The number of nitrogens with one attached hydrogen (secondary N) is 1. The number of hydrogen-bond donors (Lipinski definition) is 1. The maximum atomic E-state index is 12.3. The van der Waals surface area contributed by atoms with E-state index in [0.717, 1.165) is 49.2 Å². The zero-order valence-electron chi connectivity index (χ0n) is 13.7. The van der Waals surface area contributed by atoms with Crippen LogP contribution < -0.4 is 5.32 Å². The zero-order chi connectivity index (χ0) is 17.2. The summed E-state index contributed by atoms with van der Waals surface area (Å²) in [5.74, 6) is 0.555. The summed E-state index contributed by atoms with van der Waals surface area (Å²) in [4.78, 5) is 13.5. The Morgan fingerprint density at radius 2 is 2.24 bits per heavy atom. The number of tetrazole rings is 1. The fraction of sp³-hybridized carbons (Fsp3) is 0.562. The maximum Gasteiger partial charge on any atom is 0.225 e. The number of anilines is 1. The highest BCUT2D eigenvalue weighted by atomic mass is 32.2. The van der Waals surface area contributed by atoms with Gasteiger partial charge >= 0.3 is 0 Å². The molecular formula is C16H18N6OS2. The summed E-state index contributed by atoms with van der Waals surface area (Å²) >= 11 is 3.07. The molecule has 1 fully saturated rings. The Hall–Kier alpha value is -1.92. The number of aryl methyl sites for hydroxylation is 1. The van der Waals surface area contributed by atoms with Crippen LogP contribution in [-0.2, 0) is 17.6 Å². The van der Waals surface area contributed by atoms with Crippen molar-refractivity contribution in [3.63, 3.8) is 0 Å². The molecule has 2 aromatic heterocycles. The molecule has 0 atom stereocenters. The van der Waals surface area contributed by atoms with E-state index in [2.05, 4.69) is 26.9 Å². The lowest BCUT2D eigenvalue weighted by molar-refractivity contribution is -0.115. The molecule has 1 N–H and O–H groups in total. The smallest absolute Gasteiger partial charge is 0.225 e. The summed E-state index contributed by atoms with van der Waals surface area (Å²) in [5, 5.41) is 25.6. The molecule has 1 amide bonds. The largest absolute Gasteiger partial charge is 0.317 e. The molecule has 9 heteroatoms. The molecule has 0 bridgehead atoms. The second-order valence-electron chi connectivity index (χ2n) is 6.31. The molecule has 0 aromatic carbocycles. The molecule has 25 heavy (non-hydrogen) atoms. The number of carbonyl (C=O) groups excluding carboxylic acids is 1. The second-order valence-corrected chi connectivity index (χ2v) is 8.48. The molecule has 130 valence electrons. The van der Waals surface area contributed by atoms with Gasteiger partial charge in [0.1, 0.15) is 11.1 Å². The topological polar surface area (TPSA) is 96.5 Å². The number of hydrogen-bond acceptors (Lipinski definition) is 7. The Morgan fingerprint density at radius 1 is 1.40 bits per heavy atom. The minimum absolute atomic E-state index is 0.0620. The van der Waals surface area contributed by atoms with Crippen molar-refractivity contribution in [3.8, 4) is 6.07 Å². The molecule has 0 unspecified atom stereocenters. The van der Waals surface area contributed by atoms with Crippen LogP contribution in [0, 0.1) is 11.3 Å². The summed E-state index contributed by atoms with van der Waals surface area (Å²) in [6, 6.07) is 2.71. The van der Waals surface area contributed by atoms with Crippen LogP contribution in [0.2, 0.25) is 0 Å². The normalized spacial score (nSPS) is 16.3. The minimum atomic E-state index is -0.0620. The number of fused-ring (bicyclic) bond motifs is 1. The van der Waals surface area contributed by atoms with Gasteiger partial charge in [0, 0.05) is 17.1 Å². The number of aromatic nitrogens is 4. The molecule has 0 radical (unpaired) electrons. The van der Waals surface area contributed by atoms with Gasteiger partial charge in [0.15, 0.2) is 0 Å². The summed E-state index contributed by atoms with van der Waals surface area (Å²) < 4.78 is 1.85. The molecule has 2 aliphatic rings. The second kappa shape index (κ2) is 7.14. The molecule has 4 rings (SSSR count). The number of thioether (sulfide) groups is 1. The first kappa shape index (κ1) is 16.5. The highest BCUT2D eigenvalue weighted by Gasteiger charge is 2.28. The lowest BCUT2D eigenvalue weighted by Crippen LogP contribution is -2.12. The van der Waals surface area contributed by atoms with Crippen molar-refractivity contribution in [2.45, 2.75) is 56.1 Å². The zero-order valence-corrected chi connectivity index (χ0v) is 15.3. The van der Waals surface area contributed by atoms with Gasteiger partial charge in [-0.05, 0) is 54.5 Å². The third-order valence-electron chi connectivity index (χ3n) is 4.45. The van der Waals surface area contributed by atoms with Gasteiger partial charge in [-0.25, -0.2) is 4.68 Å². The first-order valence-corrected chi connectivity index (χ1v) is 10.3. The average Bonchev–Trinajstić information content (AvgIpc) is 3.24. The van der Waals surface area contributed by atoms with Gasteiger partial charge in [-0.15, -0.1) is 16.4 Å². The average molecular weight is 374 g/mol. The van der Waals surface area contributed by atoms with E-state index < -0.39 is 0 Å². The predicted octanol–water partition coefficient (Wildman–Crippen LogP) is 2.94. The van der Waals surface area contributed by atoms with E-state index in [4.69, 9.17) is 0 Å². The summed E-state index contributed by atoms with van der Waals surface area (Å²) in [5.41, 5.74) is 1.81. The van der Waals surface area contributed by atoms with Gasteiger partial charge in [0.2, 0.25) is 11.1 Å². The number of nitriles is 1. The number of amides is 1. The molecule has 0 spiro atoms. The van der Waals surface area contributed by atoms with Gasteiger partial charge < -0.3 is 5.32 Å². The molecule has 2 aliphatic carbocycles. The molecule has 1 saturated carbocycles. The van der Waals surface area contributed by atoms with E-state index in [0.29, 0.717) is 28.8 Å². The van der Waals surface area contributed by atoms with Gasteiger partial charge in [-0.2, -0.15) is 5.26 Å². The summed E-state index contributed by atoms with van der Waals surface area (Å²) in [6.07, 6.45) is 6.87. The molecule has 2 aromatic rings. The highest BCUT2D eigenvalue weighted by molar-refractivity contribution is 7.99. The van der Waals surface area contributed by atoms with Crippen molar-refractivity contribution in [2.75, 3.05) is 11.1 Å². The van der Waals surface area contributed by atoms with Gasteiger partial charge in [-0.1, -0.05) is 11.8 Å². The van der Waals surface area contributed by atoms with Gasteiger partial charge in [0.25, 0.3) is 0 Å². The van der Waals surface area contributed by atoms with Crippen molar-refractivity contribution < 1.29 is 4.79 Å². The molecule has 2 heterocycles. The highest BCUT2D eigenvalue weighted by Crippen LogP contribution is 2.38. The lowest BCUT2D eigenvalue weighted by Gasteiger charge is -2.09. The monoisotopic (exact) mass is 374 g/mol. The van der Waals surface area contributed by atoms with Gasteiger partial charge in [0.05, 0.1) is 11.6 Å². The predicted molar refractivity (Wildman–Crippen MR) is 95.7 cm³/mol. The number of carbonyl (C=O) groups is 1. The Balaban J connectivity index is 1.34. The third kappa shape index (κ3) is 3.55. The quantitative estimate of drug-likeness (QED) is 0.781. The van der Waals surface area contributed by atoms with Crippen LogP contribution in [0.25, 0.3) is 0 Å². The third-order valence-corrected chi connectivity index (χ3v) is 6.59. The van der Waals surface area contributed by atoms with E-state index >= 15 is 0 Å². The van der Waals surface area contributed by atoms with E-state index in [1.807, 2.05) is 4.68 Å². The van der Waals surface area contributed by atoms with E-state index in [9.17, 15) is 10.1 Å². The standard InChI is InChI=1S/C16H18N6OS2/c17-9-12-11-3-1-2-4-13(11)25-15(12)18-14(23)7-8-24-16-19-20-21-22(16)10-5-6-10/h10H,1-8H2,(H,18,23). The fourth-order valence-electron chi connectivity index (χ4n) is 3.03. The Labute approximate surface area is 153 Å². The van der Waals surface area contributed by atoms with Crippen LogP contribution in [0.1, 0.15) is 54.1 Å². The van der Waals surface area contributed by atoms with Crippen LogP contribution >= 0.6 is 23.1 Å². The van der Waals surface area contributed by atoms with Crippen molar-refractivity contribution in [1.29, 1.82) is 5.26 Å². The van der Waals surface area contributed by atoms with Crippen LogP contribution in [0.3, 0.4) is 0 Å². The number of rotatable bonds is 6. The fourth-order valence-corrected chi connectivity index (χ4v) is 5.16. The molecular weight excluding hydrogens is 356 g/mol. The van der Waals surface area contributed by atoms with Crippen LogP contribution in [0.5, 0.6) is 0 Å². The van der Waals surface area contributed by atoms with E-state index in [1.165, 1.54) is 16.6 Å². The van der Waals surface area contributed by atoms with Crippen molar-refractivity contribution >= 4 is 34.0 Å². The Morgan fingerprint density at radius 3 is 3.04 bits per heavy atom. The maximum absolute atomic E-state index is 12.3. The lowest BCUT2D eigenvalue weighted by atomic mass is 9.96. The van der Waals surface area contributed by atoms with Gasteiger partial charge in [-0.3, -0.25) is 4.79 Å². The number of nitrogens with zero attached hydrogens (tertiary/aromatic N) is 5. The molecule has 0 saturated heterocycles. The van der Waals surface area contributed by atoms with Crippen molar-refractivity contribution in [3.05, 3.63) is 16.0 Å². The number of thiophene rings is 1. The Bertz CT molecular complexity index is 832. The summed E-state index contributed by atoms with van der Waals surface area (Å²) in [6.45, 7) is 0. The van der Waals surface area contributed by atoms with E-state index in [1.54, 1.807) is 11.3 Å². The minimum Gasteiger partial charge on any atom is -0.317 e. The first-order valence-electron chi connectivity index (χ1n) is 8.51. The Kier molecular flexibility index (Phi) is 4.72. The van der Waals surface area contributed by atoms with Crippen LogP contribution in [-0.4, -0.2) is 31.9 Å². The summed E-state index contributed by atoms with van der Waals surface area (Å²) in [7, 11) is 0. The van der Waals surface area contributed by atoms with E-state index in [-0.39, 0.29) is 5.91 Å². The molecule has 0 aliphatic heterocycles. The van der Waals surface area contributed by atoms with Crippen molar-refractivity contribution in [2.24, 2.45) is 0 Å². The molecule has 7 nitrogen and oxygen atoms in total. The van der Waals surface area contributed by atoms with Crippen molar-refractivity contribution in [1.82, 2.24) is 20.2 Å². The first-order chi connectivity index (χ1) is 12.3. The SMILES string of the molecule is N#Cc1c(NC(=O)CCSc2nnnn2C2CC2)sc2c1CCCC2. The van der Waals surface area contributed by atoms with Crippen LogP contribution in [0.4, 0.5) is 5.00 Å².